The number of carboxylic acids is 1. The second kappa shape index (κ2) is 20.6. The quantitative estimate of drug-likeness (QED) is 0.262. The summed E-state index contributed by atoms with van der Waals surface area (Å²) < 4.78 is 0. The van der Waals surface area contributed by atoms with Crippen molar-refractivity contribution in [3.8, 4) is 0 Å². The van der Waals surface area contributed by atoms with Crippen LogP contribution < -0.4 is 0 Å². The van der Waals surface area contributed by atoms with Crippen LogP contribution in [0, 0.1) is 0 Å². The summed E-state index contributed by atoms with van der Waals surface area (Å²) in [5, 5.41) is 9.76. The molecule has 0 heterocycles. The molecule has 1 N–H and O–H groups in total. The Kier molecular flexibility index (Phi) is 20.0. The summed E-state index contributed by atoms with van der Waals surface area (Å²) in [4.78, 5) is 10.2. The number of hydrogen-bond acceptors (Lipinski definition) is 1. The van der Waals surface area contributed by atoms with Crippen LogP contribution in [0.5, 0.6) is 0 Å². The van der Waals surface area contributed by atoms with E-state index in [1.54, 1.807) is 30.3 Å². The Morgan fingerprint density at radius 1 is 0.731 bits per heavy atom. The molecule has 1 aromatic rings. The maximum absolute atomic E-state index is 10.2. The molecule has 0 bridgehead atoms. The van der Waals surface area contributed by atoms with E-state index in [9.17, 15) is 4.79 Å². The molecule has 0 aliphatic rings. The van der Waals surface area contributed by atoms with E-state index in [0.29, 0.717) is 5.56 Å². The van der Waals surface area contributed by atoms with Crippen LogP contribution in [0.4, 0.5) is 0 Å². The number of rotatable bonds is 15. The van der Waals surface area contributed by atoms with Gasteiger partial charge >= 0.3 is 99.4 Å². The molecule has 0 amide bonds. The summed E-state index contributed by atoms with van der Waals surface area (Å²) in [6, 6.07) is 8.30. The van der Waals surface area contributed by atoms with Crippen LogP contribution in [-0.2, 0) is 0 Å². The maximum atomic E-state index is 10.2. The fraction of sp³-hybridized carbons (Fsp3) is 0.696. The second-order valence-electron chi connectivity index (χ2n) is 7.27. The van der Waals surface area contributed by atoms with Gasteiger partial charge in [-0.3, -0.25) is 0 Å². The number of aromatic carboxylic acids is 1. The number of carbonyl (C=O) groups is 1. The minimum atomic E-state index is -0.879. The van der Waals surface area contributed by atoms with Crippen molar-refractivity contribution in [2.24, 2.45) is 0 Å². The fourth-order valence-corrected chi connectivity index (χ4v) is 3.03. The SMILES string of the molecule is O=C(O)c1ccccc1.[Li][CH2]CCCCCCCCCCCCCCC. The molecule has 0 saturated heterocycles. The Balaban J connectivity index is 0.000000577. The molecule has 0 aliphatic heterocycles. The average molecular weight is 355 g/mol. The summed E-state index contributed by atoms with van der Waals surface area (Å²) in [7, 11) is 0. The molecule has 26 heavy (non-hydrogen) atoms. The van der Waals surface area contributed by atoms with Gasteiger partial charge in [-0.15, -0.1) is 0 Å². The molecule has 2 nitrogen and oxygen atoms in total. The Morgan fingerprint density at radius 2 is 1.12 bits per heavy atom. The zero-order valence-electron chi connectivity index (χ0n) is 17.3. The molecule has 1 rings (SSSR count). The Morgan fingerprint density at radius 3 is 1.42 bits per heavy atom. The van der Waals surface area contributed by atoms with Crippen molar-refractivity contribution in [3.63, 3.8) is 0 Å². The van der Waals surface area contributed by atoms with Crippen LogP contribution >= 0.6 is 0 Å². The van der Waals surface area contributed by atoms with Gasteiger partial charge in [0.25, 0.3) is 0 Å². The van der Waals surface area contributed by atoms with Gasteiger partial charge in [0.2, 0.25) is 0 Å². The summed E-state index contributed by atoms with van der Waals surface area (Å²) in [6.45, 7) is 2.29. The molecule has 0 fully saturated rings. The van der Waals surface area contributed by atoms with Crippen molar-refractivity contribution in [2.75, 3.05) is 0 Å². The molecular formula is C23H39LiO2. The minimum absolute atomic E-state index is 0.331. The third kappa shape index (κ3) is 18.1. The molecule has 0 radical (unpaired) electrons. The second-order valence-corrected chi connectivity index (χ2v) is 7.27. The van der Waals surface area contributed by atoms with Crippen LogP contribution in [-0.4, -0.2) is 28.8 Å². The van der Waals surface area contributed by atoms with Crippen molar-refractivity contribution in [3.05, 3.63) is 35.9 Å². The van der Waals surface area contributed by atoms with Gasteiger partial charge in [0.05, 0.1) is 5.56 Å². The number of carboxylic acid groups (broad SMARTS) is 1. The van der Waals surface area contributed by atoms with E-state index < -0.39 is 5.97 Å². The average Bonchev–Trinajstić information content (AvgIpc) is 2.67. The zero-order valence-corrected chi connectivity index (χ0v) is 17.3. The van der Waals surface area contributed by atoms with Gasteiger partial charge in [0.15, 0.2) is 0 Å². The van der Waals surface area contributed by atoms with Crippen molar-refractivity contribution in [1.82, 2.24) is 0 Å². The van der Waals surface area contributed by atoms with E-state index in [1.165, 1.54) is 95.0 Å². The van der Waals surface area contributed by atoms with Gasteiger partial charge < -0.3 is 5.11 Å². The van der Waals surface area contributed by atoms with E-state index in [0.717, 1.165) is 0 Å². The first-order chi connectivity index (χ1) is 12.7. The topological polar surface area (TPSA) is 37.3 Å². The van der Waals surface area contributed by atoms with Gasteiger partial charge in [0, 0.05) is 0 Å². The number of unbranched alkanes of at least 4 members (excludes halogenated alkanes) is 13. The smallest absolute Gasteiger partial charge is 0.0654 e. The van der Waals surface area contributed by atoms with Crippen molar-refractivity contribution < 1.29 is 9.90 Å². The van der Waals surface area contributed by atoms with Gasteiger partial charge in [-0.25, -0.2) is 4.79 Å². The standard InChI is InChI=1S/C16H33.C7H6O2.Li/c1-3-5-7-9-11-13-15-16-14-12-10-8-6-4-2;8-7(9)6-4-2-1-3-5-6;/h1,3-16H2,2H3;1-5H,(H,8,9);. The van der Waals surface area contributed by atoms with E-state index in [4.69, 9.17) is 5.11 Å². The molecule has 0 spiro atoms. The Hall–Kier alpha value is -0.713. The predicted molar refractivity (Wildman–Crippen MR) is 114 cm³/mol. The van der Waals surface area contributed by atoms with Gasteiger partial charge in [-0.05, 0) is 12.1 Å². The number of hydrogen-bond donors (Lipinski definition) is 1. The Bertz CT molecular complexity index is 392. The van der Waals surface area contributed by atoms with Crippen LogP contribution in [0.25, 0.3) is 0 Å². The van der Waals surface area contributed by atoms with Crippen molar-refractivity contribution in [2.45, 2.75) is 102 Å². The van der Waals surface area contributed by atoms with Crippen LogP contribution in [0.2, 0.25) is 5.09 Å². The first-order valence-corrected chi connectivity index (χ1v) is 11.0. The van der Waals surface area contributed by atoms with E-state index in [2.05, 4.69) is 24.6 Å². The first-order valence-electron chi connectivity index (χ1n) is 11.0. The van der Waals surface area contributed by atoms with Crippen LogP contribution in [0.1, 0.15) is 107 Å². The van der Waals surface area contributed by atoms with E-state index in [-0.39, 0.29) is 0 Å². The Labute approximate surface area is 171 Å². The molecule has 0 saturated carbocycles. The van der Waals surface area contributed by atoms with Gasteiger partial charge in [-0.2, -0.15) is 0 Å². The van der Waals surface area contributed by atoms with Crippen LogP contribution in [0.3, 0.4) is 0 Å². The molecule has 0 aliphatic carbocycles. The fourth-order valence-electron chi connectivity index (χ4n) is 3.03. The van der Waals surface area contributed by atoms with Crippen molar-refractivity contribution in [1.29, 1.82) is 0 Å². The molecule has 0 aromatic heterocycles. The normalized spacial score (nSPS) is 10.3. The first kappa shape index (κ1) is 25.3. The van der Waals surface area contributed by atoms with Gasteiger partial charge in [0.1, 0.15) is 0 Å². The molecule has 3 heteroatoms. The third-order valence-electron chi connectivity index (χ3n) is 4.73. The minimum Gasteiger partial charge on any atom is -0.0654 e. The summed E-state index contributed by atoms with van der Waals surface area (Å²) in [5.74, 6) is -0.879. The summed E-state index contributed by atoms with van der Waals surface area (Å²) >= 11 is 2.29. The molecule has 144 valence electrons. The molecular weight excluding hydrogens is 315 g/mol. The zero-order chi connectivity index (χ0) is 19.3. The van der Waals surface area contributed by atoms with Crippen molar-refractivity contribution >= 4 is 23.7 Å². The molecule has 0 unspecified atom stereocenters. The number of benzene rings is 1. The van der Waals surface area contributed by atoms with E-state index >= 15 is 0 Å². The third-order valence-corrected chi connectivity index (χ3v) is 4.73. The predicted octanol–water partition coefficient (Wildman–Crippen LogP) is 7.44. The van der Waals surface area contributed by atoms with E-state index in [1.807, 2.05) is 0 Å². The van der Waals surface area contributed by atoms with Crippen LogP contribution in [0.15, 0.2) is 30.3 Å². The monoisotopic (exact) mass is 354 g/mol. The molecule has 1 aromatic carbocycles. The molecule has 0 atom stereocenters. The summed E-state index contributed by atoms with van der Waals surface area (Å²) in [5.41, 5.74) is 0.331. The summed E-state index contributed by atoms with van der Waals surface area (Å²) in [6.07, 6.45) is 20.5. The van der Waals surface area contributed by atoms with Gasteiger partial charge in [-0.1, -0.05) is 44.4 Å².